The minimum atomic E-state index is -1.09. The summed E-state index contributed by atoms with van der Waals surface area (Å²) in [5.74, 6) is -1.16. The van der Waals surface area contributed by atoms with Crippen molar-refractivity contribution >= 4 is 23.5 Å². The van der Waals surface area contributed by atoms with Gasteiger partial charge in [-0.3, -0.25) is 4.79 Å². The highest BCUT2D eigenvalue weighted by Crippen LogP contribution is 2.26. The van der Waals surface area contributed by atoms with E-state index in [1.807, 2.05) is 0 Å². The van der Waals surface area contributed by atoms with Crippen LogP contribution in [-0.4, -0.2) is 35.0 Å². The number of likely N-dealkylation sites (N-methyl/N-ethyl adjacent to an activating group) is 1. The van der Waals surface area contributed by atoms with Crippen LogP contribution in [0, 0.1) is 12.7 Å². The molecule has 0 aliphatic rings. The van der Waals surface area contributed by atoms with E-state index in [1.54, 1.807) is 0 Å². The van der Waals surface area contributed by atoms with Crippen molar-refractivity contribution in [2.75, 3.05) is 7.05 Å². The van der Waals surface area contributed by atoms with Crippen molar-refractivity contribution < 1.29 is 28.2 Å². The Hall–Kier alpha value is -2.54. The van der Waals surface area contributed by atoms with Crippen molar-refractivity contribution in [2.45, 2.75) is 26.5 Å². The SMILES string of the molecule is Cc1oc(CN(C)C(=O)[C@@H](C)Oc2ccc(F)cc2Cl)cc1C(=O)O. The third-order valence-electron chi connectivity index (χ3n) is 3.51. The number of furan rings is 1. The normalized spacial score (nSPS) is 11.9. The molecule has 0 saturated carbocycles. The molecule has 0 bridgehead atoms. The van der Waals surface area contributed by atoms with Gasteiger partial charge in [0.2, 0.25) is 0 Å². The lowest BCUT2D eigenvalue weighted by atomic mass is 10.2. The molecule has 0 spiro atoms. The van der Waals surface area contributed by atoms with Gasteiger partial charge >= 0.3 is 5.97 Å². The van der Waals surface area contributed by atoms with Gasteiger partial charge in [-0.25, -0.2) is 9.18 Å². The Morgan fingerprint density at radius 2 is 2.08 bits per heavy atom. The zero-order valence-electron chi connectivity index (χ0n) is 13.9. The fourth-order valence-corrected chi connectivity index (χ4v) is 2.48. The van der Waals surface area contributed by atoms with Gasteiger partial charge in [-0.15, -0.1) is 0 Å². The first kappa shape index (κ1) is 18.8. The summed E-state index contributed by atoms with van der Waals surface area (Å²) in [6.07, 6.45) is -0.872. The van der Waals surface area contributed by atoms with E-state index in [0.717, 1.165) is 6.07 Å². The molecule has 8 heteroatoms. The van der Waals surface area contributed by atoms with E-state index in [2.05, 4.69) is 0 Å². The van der Waals surface area contributed by atoms with Crippen molar-refractivity contribution in [2.24, 2.45) is 0 Å². The molecule has 1 amide bonds. The fourth-order valence-electron chi connectivity index (χ4n) is 2.27. The summed E-state index contributed by atoms with van der Waals surface area (Å²) < 4.78 is 23.9. The number of amides is 1. The maximum absolute atomic E-state index is 13.0. The third-order valence-corrected chi connectivity index (χ3v) is 3.81. The van der Waals surface area contributed by atoms with Crippen LogP contribution in [0.2, 0.25) is 5.02 Å². The standard InChI is InChI=1S/C17H17ClFNO5/c1-9-13(17(22)23)7-12(24-9)8-20(3)16(21)10(2)25-15-5-4-11(19)6-14(15)18/h4-7,10H,8H2,1-3H3,(H,22,23)/t10-/m1/s1. The molecule has 0 aliphatic heterocycles. The molecule has 1 N–H and O–H groups in total. The fraction of sp³-hybridized carbons (Fsp3) is 0.294. The van der Waals surface area contributed by atoms with Gasteiger partial charge in [-0.2, -0.15) is 0 Å². The quantitative estimate of drug-likeness (QED) is 0.842. The van der Waals surface area contributed by atoms with E-state index < -0.39 is 17.9 Å². The van der Waals surface area contributed by atoms with E-state index in [9.17, 15) is 14.0 Å². The largest absolute Gasteiger partial charge is 0.479 e. The summed E-state index contributed by atoms with van der Waals surface area (Å²) >= 11 is 5.88. The molecule has 0 saturated heterocycles. The Labute approximate surface area is 148 Å². The molecule has 1 aromatic carbocycles. The Morgan fingerprint density at radius 3 is 2.64 bits per heavy atom. The Bertz CT molecular complexity index is 804. The number of rotatable bonds is 6. The second kappa shape index (κ2) is 7.57. The van der Waals surface area contributed by atoms with Gasteiger partial charge in [0, 0.05) is 7.05 Å². The first-order valence-corrected chi connectivity index (χ1v) is 7.76. The van der Waals surface area contributed by atoms with Crippen LogP contribution in [0.4, 0.5) is 4.39 Å². The number of ether oxygens (including phenoxy) is 1. The number of carbonyl (C=O) groups excluding carboxylic acids is 1. The number of carbonyl (C=O) groups is 2. The molecule has 1 aromatic heterocycles. The van der Waals surface area contributed by atoms with E-state index in [1.165, 1.54) is 44.0 Å². The van der Waals surface area contributed by atoms with Gasteiger partial charge in [-0.1, -0.05) is 11.6 Å². The Morgan fingerprint density at radius 1 is 1.40 bits per heavy atom. The minimum absolute atomic E-state index is 0.0539. The number of halogens is 2. The molecule has 0 unspecified atom stereocenters. The molecule has 0 aliphatic carbocycles. The molecular weight excluding hydrogens is 353 g/mol. The highest BCUT2D eigenvalue weighted by molar-refractivity contribution is 6.32. The molecule has 2 rings (SSSR count). The molecule has 25 heavy (non-hydrogen) atoms. The zero-order chi connectivity index (χ0) is 18.7. The maximum atomic E-state index is 13.0. The average Bonchev–Trinajstić information content (AvgIpc) is 2.89. The number of benzene rings is 1. The predicted octanol–water partition coefficient (Wildman–Crippen LogP) is 3.50. The lowest BCUT2D eigenvalue weighted by Crippen LogP contribution is -2.37. The van der Waals surface area contributed by atoms with Gasteiger partial charge in [0.25, 0.3) is 5.91 Å². The number of hydrogen-bond donors (Lipinski definition) is 1. The molecule has 0 fully saturated rings. The van der Waals surface area contributed by atoms with Crippen LogP contribution in [0.1, 0.15) is 28.8 Å². The first-order valence-electron chi connectivity index (χ1n) is 7.38. The van der Waals surface area contributed by atoms with Crippen LogP contribution in [-0.2, 0) is 11.3 Å². The van der Waals surface area contributed by atoms with Gasteiger partial charge in [-0.05, 0) is 38.1 Å². The predicted molar refractivity (Wildman–Crippen MR) is 88.4 cm³/mol. The summed E-state index contributed by atoms with van der Waals surface area (Å²) in [5.41, 5.74) is 0.0539. The van der Waals surface area contributed by atoms with Crippen LogP contribution in [0.5, 0.6) is 5.75 Å². The summed E-state index contributed by atoms with van der Waals surface area (Å²) in [6.45, 7) is 3.16. The van der Waals surface area contributed by atoms with Crippen LogP contribution < -0.4 is 4.74 Å². The highest BCUT2D eigenvalue weighted by Gasteiger charge is 2.22. The monoisotopic (exact) mass is 369 g/mol. The number of nitrogens with zero attached hydrogens (tertiary/aromatic N) is 1. The van der Waals surface area contributed by atoms with Crippen LogP contribution in [0.25, 0.3) is 0 Å². The second-order valence-corrected chi connectivity index (χ2v) is 5.92. The van der Waals surface area contributed by atoms with E-state index in [4.69, 9.17) is 25.9 Å². The molecule has 1 heterocycles. The molecule has 1 atom stereocenters. The van der Waals surface area contributed by atoms with Gasteiger partial charge in [0.15, 0.2) is 6.10 Å². The van der Waals surface area contributed by atoms with E-state index in [-0.39, 0.29) is 34.5 Å². The first-order chi connectivity index (χ1) is 11.7. The Kier molecular flexibility index (Phi) is 5.69. The molecule has 134 valence electrons. The summed E-state index contributed by atoms with van der Waals surface area (Å²) in [7, 11) is 1.53. The topological polar surface area (TPSA) is 80.0 Å². The third kappa shape index (κ3) is 4.51. The molecule has 0 radical (unpaired) electrons. The number of hydrogen-bond acceptors (Lipinski definition) is 4. The highest BCUT2D eigenvalue weighted by atomic mass is 35.5. The van der Waals surface area contributed by atoms with Gasteiger partial charge in [0.05, 0.1) is 11.6 Å². The molecule has 6 nitrogen and oxygen atoms in total. The van der Waals surface area contributed by atoms with Crippen molar-refractivity contribution in [3.8, 4) is 5.75 Å². The van der Waals surface area contributed by atoms with Crippen molar-refractivity contribution in [1.82, 2.24) is 4.90 Å². The second-order valence-electron chi connectivity index (χ2n) is 5.52. The van der Waals surface area contributed by atoms with Crippen LogP contribution in [0.15, 0.2) is 28.7 Å². The summed E-state index contributed by atoms with van der Waals surface area (Å²) in [5, 5.41) is 9.09. The summed E-state index contributed by atoms with van der Waals surface area (Å²) in [4.78, 5) is 24.7. The van der Waals surface area contributed by atoms with Crippen LogP contribution in [0.3, 0.4) is 0 Å². The average molecular weight is 370 g/mol. The van der Waals surface area contributed by atoms with Gasteiger partial charge < -0.3 is 19.2 Å². The number of carboxylic acid groups (broad SMARTS) is 1. The lowest BCUT2D eigenvalue weighted by molar-refractivity contribution is -0.137. The van der Waals surface area contributed by atoms with E-state index >= 15 is 0 Å². The van der Waals surface area contributed by atoms with E-state index in [0.29, 0.717) is 5.76 Å². The smallest absolute Gasteiger partial charge is 0.339 e. The summed E-state index contributed by atoms with van der Waals surface area (Å²) in [6, 6.07) is 5.00. The van der Waals surface area contributed by atoms with Crippen molar-refractivity contribution in [3.63, 3.8) is 0 Å². The molecular formula is C17H17ClFNO5. The van der Waals surface area contributed by atoms with Gasteiger partial charge in [0.1, 0.15) is 28.7 Å². The van der Waals surface area contributed by atoms with Crippen LogP contribution >= 0.6 is 11.6 Å². The van der Waals surface area contributed by atoms with Crippen molar-refractivity contribution in [3.05, 3.63) is 52.2 Å². The number of carboxylic acids is 1. The maximum Gasteiger partial charge on any atom is 0.339 e. The lowest BCUT2D eigenvalue weighted by Gasteiger charge is -2.21. The van der Waals surface area contributed by atoms with Crippen molar-refractivity contribution in [1.29, 1.82) is 0 Å². The molecule has 2 aromatic rings. The minimum Gasteiger partial charge on any atom is -0.479 e. The zero-order valence-corrected chi connectivity index (χ0v) is 14.6. The number of aryl methyl sites for hydroxylation is 1. The number of aromatic carboxylic acids is 1. The Balaban J connectivity index is 2.03.